The molecule has 8 heteroatoms. The van der Waals surface area contributed by atoms with Crippen molar-refractivity contribution in [3.63, 3.8) is 0 Å². The van der Waals surface area contributed by atoms with Crippen molar-refractivity contribution < 1.29 is 23.5 Å². The number of nitrogens with zero attached hydrogens (tertiary/aromatic N) is 3. The topological polar surface area (TPSA) is 70.2 Å². The minimum absolute atomic E-state index is 0.0288. The third-order valence-electron chi connectivity index (χ3n) is 5.28. The van der Waals surface area contributed by atoms with Gasteiger partial charge >= 0.3 is 6.09 Å². The van der Waals surface area contributed by atoms with Gasteiger partial charge in [0, 0.05) is 26.1 Å². The van der Waals surface area contributed by atoms with Crippen LogP contribution in [0.1, 0.15) is 25.8 Å². The molecule has 0 bridgehead atoms. The molecule has 3 amide bonds. The monoisotopic (exact) mass is 391 g/mol. The molecule has 1 aromatic rings. The minimum atomic E-state index is -0.474. The smallest absolute Gasteiger partial charge is 0.410 e. The molecule has 2 fully saturated rings. The van der Waals surface area contributed by atoms with Crippen molar-refractivity contribution in [3.05, 3.63) is 35.6 Å². The summed E-state index contributed by atoms with van der Waals surface area (Å²) < 4.78 is 18.1. The van der Waals surface area contributed by atoms with Crippen molar-refractivity contribution in [2.45, 2.75) is 32.9 Å². The van der Waals surface area contributed by atoms with Gasteiger partial charge in [0.2, 0.25) is 11.8 Å². The SMILES string of the molecule is CC(C)[C@@H]1CN(C(=O)CN2CCOC2=O)CCC(=O)N1Cc1ccc(F)cc1. The molecule has 152 valence electrons. The lowest BCUT2D eigenvalue weighted by Gasteiger charge is -2.35. The normalized spacial score (nSPS) is 20.6. The maximum atomic E-state index is 13.2. The van der Waals surface area contributed by atoms with Gasteiger partial charge < -0.3 is 14.5 Å². The quantitative estimate of drug-likeness (QED) is 0.768. The van der Waals surface area contributed by atoms with Crippen LogP contribution in [0.15, 0.2) is 24.3 Å². The first-order valence-corrected chi connectivity index (χ1v) is 9.58. The fourth-order valence-corrected chi connectivity index (χ4v) is 3.60. The van der Waals surface area contributed by atoms with Crippen LogP contribution < -0.4 is 0 Å². The minimum Gasteiger partial charge on any atom is -0.448 e. The molecule has 1 aromatic carbocycles. The van der Waals surface area contributed by atoms with E-state index in [0.29, 0.717) is 32.8 Å². The Morgan fingerprint density at radius 1 is 1.21 bits per heavy atom. The summed E-state index contributed by atoms with van der Waals surface area (Å²) in [5.41, 5.74) is 0.847. The van der Waals surface area contributed by atoms with Crippen LogP contribution >= 0.6 is 0 Å². The summed E-state index contributed by atoms with van der Waals surface area (Å²) in [5.74, 6) is -0.391. The Kier molecular flexibility index (Phi) is 6.16. The molecule has 2 heterocycles. The average Bonchev–Trinajstić information content (AvgIpc) is 2.97. The van der Waals surface area contributed by atoms with E-state index in [9.17, 15) is 18.8 Å². The Balaban J connectivity index is 1.72. The maximum Gasteiger partial charge on any atom is 0.410 e. The predicted octanol–water partition coefficient (Wildman–Crippen LogP) is 1.86. The molecule has 0 radical (unpaired) electrons. The van der Waals surface area contributed by atoms with Gasteiger partial charge in [0.25, 0.3) is 0 Å². The first-order chi connectivity index (χ1) is 13.3. The number of amides is 3. The number of cyclic esters (lactones) is 1. The van der Waals surface area contributed by atoms with Gasteiger partial charge in [0.15, 0.2) is 0 Å². The van der Waals surface area contributed by atoms with Crippen LogP contribution in [0.4, 0.5) is 9.18 Å². The molecule has 0 saturated carbocycles. The van der Waals surface area contributed by atoms with Crippen molar-refractivity contribution in [1.29, 1.82) is 0 Å². The predicted molar refractivity (Wildman–Crippen MR) is 99.7 cm³/mol. The Hall–Kier alpha value is -2.64. The number of rotatable bonds is 5. The van der Waals surface area contributed by atoms with Crippen LogP contribution in [0.5, 0.6) is 0 Å². The van der Waals surface area contributed by atoms with E-state index >= 15 is 0 Å². The molecule has 0 aliphatic carbocycles. The fraction of sp³-hybridized carbons (Fsp3) is 0.550. The van der Waals surface area contributed by atoms with E-state index in [1.807, 2.05) is 13.8 Å². The van der Waals surface area contributed by atoms with Crippen LogP contribution in [-0.4, -0.2) is 71.4 Å². The number of ether oxygens (including phenoxy) is 1. The molecule has 7 nitrogen and oxygen atoms in total. The van der Waals surface area contributed by atoms with Gasteiger partial charge in [-0.25, -0.2) is 9.18 Å². The largest absolute Gasteiger partial charge is 0.448 e. The Morgan fingerprint density at radius 2 is 1.93 bits per heavy atom. The summed E-state index contributed by atoms with van der Waals surface area (Å²) in [4.78, 5) is 42.0. The highest BCUT2D eigenvalue weighted by molar-refractivity contribution is 5.84. The highest BCUT2D eigenvalue weighted by Crippen LogP contribution is 2.21. The van der Waals surface area contributed by atoms with Crippen LogP contribution in [0.25, 0.3) is 0 Å². The second-order valence-corrected chi connectivity index (χ2v) is 7.59. The summed E-state index contributed by atoms with van der Waals surface area (Å²) in [7, 11) is 0. The fourth-order valence-electron chi connectivity index (χ4n) is 3.60. The molecule has 0 unspecified atom stereocenters. The van der Waals surface area contributed by atoms with Gasteiger partial charge in [0.05, 0.1) is 12.6 Å². The second-order valence-electron chi connectivity index (χ2n) is 7.59. The molecule has 28 heavy (non-hydrogen) atoms. The summed E-state index contributed by atoms with van der Waals surface area (Å²) >= 11 is 0. The van der Waals surface area contributed by atoms with Crippen LogP contribution in [-0.2, 0) is 20.9 Å². The van der Waals surface area contributed by atoms with E-state index in [1.54, 1.807) is 21.9 Å². The number of halogens is 1. The average molecular weight is 391 g/mol. The molecule has 0 spiro atoms. The highest BCUT2D eigenvalue weighted by atomic mass is 19.1. The van der Waals surface area contributed by atoms with Crippen LogP contribution in [0.3, 0.4) is 0 Å². The van der Waals surface area contributed by atoms with E-state index in [4.69, 9.17) is 4.74 Å². The maximum absolute atomic E-state index is 13.2. The van der Waals surface area contributed by atoms with Crippen molar-refractivity contribution in [1.82, 2.24) is 14.7 Å². The lowest BCUT2D eigenvalue weighted by Crippen LogP contribution is -2.48. The van der Waals surface area contributed by atoms with E-state index in [0.717, 1.165) is 5.56 Å². The van der Waals surface area contributed by atoms with Crippen LogP contribution in [0.2, 0.25) is 0 Å². The van der Waals surface area contributed by atoms with E-state index in [-0.39, 0.29) is 42.6 Å². The number of hydrogen-bond donors (Lipinski definition) is 0. The summed E-state index contributed by atoms with van der Waals surface area (Å²) in [5, 5.41) is 0. The standard InChI is InChI=1S/C20H26FN3O4/c1-14(2)17-12-22(19(26)13-23-9-10-28-20(23)27)8-7-18(25)24(17)11-15-3-5-16(21)6-4-15/h3-6,14,17H,7-13H2,1-2H3/t17-/m0/s1. The van der Waals surface area contributed by atoms with E-state index in [2.05, 4.69) is 0 Å². The van der Waals surface area contributed by atoms with Gasteiger partial charge in [-0.1, -0.05) is 26.0 Å². The second kappa shape index (κ2) is 8.58. The van der Waals surface area contributed by atoms with Gasteiger partial charge in [-0.2, -0.15) is 0 Å². The third-order valence-corrected chi connectivity index (χ3v) is 5.28. The highest BCUT2D eigenvalue weighted by Gasteiger charge is 2.34. The summed E-state index contributed by atoms with van der Waals surface area (Å²) in [6, 6.07) is 5.95. The zero-order valence-corrected chi connectivity index (χ0v) is 16.3. The molecule has 0 aromatic heterocycles. The third kappa shape index (κ3) is 4.61. The van der Waals surface area contributed by atoms with E-state index in [1.165, 1.54) is 17.0 Å². The Morgan fingerprint density at radius 3 is 2.54 bits per heavy atom. The van der Waals surface area contributed by atoms with Crippen molar-refractivity contribution in [3.8, 4) is 0 Å². The number of benzene rings is 1. The Labute approximate surface area is 164 Å². The molecule has 2 aliphatic heterocycles. The summed E-state index contributed by atoms with van der Waals surface area (Å²) in [6.45, 7) is 5.81. The first kappa shape index (κ1) is 20.1. The molecule has 2 saturated heterocycles. The first-order valence-electron chi connectivity index (χ1n) is 9.58. The molecule has 0 N–H and O–H groups in total. The van der Waals surface area contributed by atoms with Crippen molar-refractivity contribution in [2.75, 3.05) is 32.8 Å². The zero-order chi connectivity index (χ0) is 20.3. The zero-order valence-electron chi connectivity index (χ0n) is 16.3. The van der Waals surface area contributed by atoms with Gasteiger partial charge in [-0.05, 0) is 23.6 Å². The number of carbonyl (C=O) groups excluding carboxylic acids is 3. The lowest BCUT2D eigenvalue weighted by molar-refractivity contribution is -0.134. The van der Waals surface area contributed by atoms with Crippen molar-refractivity contribution >= 4 is 17.9 Å². The summed E-state index contributed by atoms with van der Waals surface area (Å²) in [6.07, 6.45) is -0.252. The van der Waals surface area contributed by atoms with Gasteiger partial charge in [-0.3, -0.25) is 14.5 Å². The number of carbonyl (C=O) groups is 3. The lowest BCUT2D eigenvalue weighted by atomic mass is 10.0. The van der Waals surface area contributed by atoms with Gasteiger partial charge in [-0.15, -0.1) is 0 Å². The molecular formula is C20H26FN3O4. The molecule has 1 atom stereocenters. The van der Waals surface area contributed by atoms with Gasteiger partial charge in [0.1, 0.15) is 19.0 Å². The molecule has 3 rings (SSSR count). The number of hydrogen-bond acceptors (Lipinski definition) is 4. The molecule has 2 aliphatic rings. The van der Waals surface area contributed by atoms with E-state index < -0.39 is 6.09 Å². The van der Waals surface area contributed by atoms with Crippen molar-refractivity contribution in [2.24, 2.45) is 5.92 Å². The molecular weight excluding hydrogens is 365 g/mol. The Bertz CT molecular complexity index is 737. The van der Waals surface area contributed by atoms with Crippen LogP contribution in [0, 0.1) is 11.7 Å².